The largest absolute Gasteiger partial charge is 0.378 e. The van der Waals surface area contributed by atoms with E-state index in [9.17, 15) is 4.21 Å². The third-order valence-corrected chi connectivity index (χ3v) is 7.16. The Bertz CT molecular complexity index is 639. The lowest BCUT2D eigenvalue weighted by atomic mass is 10.1. The molecular formula is C23H37N3O2S. The van der Waals surface area contributed by atoms with Crippen LogP contribution in [0.15, 0.2) is 35.3 Å². The molecule has 0 radical (unpaired) electrons. The van der Waals surface area contributed by atoms with Crippen LogP contribution in [0.25, 0.3) is 0 Å². The molecule has 0 amide bonds. The van der Waals surface area contributed by atoms with E-state index >= 15 is 0 Å². The second-order valence-electron chi connectivity index (χ2n) is 8.18. The highest BCUT2D eigenvalue weighted by atomic mass is 32.2. The van der Waals surface area contributed by atoms with Gasteiger partial charge in [-0.05, 0) is 44.1 Å². The molecule has 5 nitrogen and oxygen atoms in total. The van der Waals surface area contributed by atoms with E-state index in [1.165, 1.54) is 25.7 Å². The van der Waals surface area contributed by atoms with Crippen molar-refractivity contribution in [3.05, 3.63) is 35.9 Å². The summed E-state index contributed by atoms with van der Waals surface area (Å²) in [4.78, 5) is 7.08. The molecule has 1 atom stereocenters. The van der Waals surface area contributed by atoms with Gasteiger partial charge in [0.1, 0.15) is 0 Å². The highest BCUT2D eigenvalue weighted by molar-refractivity contribution is 7.84. The van der Waals surface area contributed by atoms with Gasteiger partial charge in [0.05, 0.1) is 12.6 Å². The minimum Gasteiger partial charge on any atom is -0.378 e. The molecule has 2 aliphatic rings. The Kier molecular flexibility index (Phi) is 9.48. The molecule has 1 aromatic rings. The van der Waals surface area contributed by atoms with Crippen molar-refractivity contribution in [2.45, 2.75) is 57.3 Å². The molecule has 1 N–H and O–H groups in total. The summed E-state index contributed by atoms with van der Waals surface area (Å²) >= 11 is 0. The normalized spacial score (nSPS) is 20.2. The van der Waals surface area contributed by atoms with Crippen LogP contribution in [0.3, 0.4) is 0 Å². The van der Waals surface area contributed by atoms with E-state index in [4.69, 9.17) is 9.73 Å². The Morgan fingerprint density at radius 1 is 1.17 bits per heavy atom. The molecule has 1 saturated carbocycles. The van der Waals surface area contributed by atoms with Crippen molar-refractivity contribution in [2.24, 2.45) is 10.9 Å². The lowest BCUT2D eigenvalue weighted by molar-refractivity contribution is 0.00102. The van der Waals surface area contributed by atoms with Crippen LogP contribution < -0.4 is 5.32 Å². The molecule has 1 saturated heterocycles. The highest BCUT2D eigenvalue weighted by Crippen LogP contribution is 2.26. The van der Waals surface area contributed by atoms with Crippen molar-refractivity contribution in [3.63, 3.8) is 0 Å². The molecular weight excluding hydrogens is 382 g/mol. The molecule has 2 fully saturated rings. The summed E-state index contributed by atoms with van der Waals surface area (Å²) in [6, 6.07) is 10.0. The fraction of sp³-hybridized carbons (Fsp3) is 0.696. The lowest BCUT2D eigenvalue weighted by Crippen LogP contribution is -2.47. The maximum Gasteiger partial charge on any atom is 0.193 e. The van der Waals surface area contributed by atoms with E-state index in [1.807, 2.05) is 30.3 Å². The Labute approximate surface area is 178 Å². The molecule has 29 heavy (non-hydrogen) atoms. The molecule has 1 aliphatic carbocycles. The Morgan fingerprint density at radius 3 is 2.59 bits per heavy atom. The number of hydrogen-bond donors (Lipinski definition) is 1. The summed E-state index contributed by atoms with van der Waals surface area (Å²) in [6.45, 7) is 6.46. The predicted molar refractivity (Wildman–Crippen MR) is 122 cm³/mol. The quantitative estimate of drug-likeness (QED) is 0.491. The van der Waals surface area contributed by atoms with E-state index in [1.54, 1.807) is 0 Å². The van der Waals surface area contributed by atoms with Gasteiger partial charge in [-0.2, -0.15) is 0 Å². The molecule has 3 rings (SSSR count). The number of guanidine groups is 1. The summed E-state index contributed by atoms with van der Waals surface area (Å²) in [6.07, 6.45) is 7.99. The molecule has 1 unspecified atom stereocenters. The van der Waals surface area contributed by atoms with Gasteiger partial charge in [-0.3, -0.25) is 9.20 Å². The first-order valence-electron chi connectivity index (χ1n) is 11.3. The topological polar surface area (TPSA) is 53.9 Å². The number of nitrogens with zero attached hydrogens (tertiary/aromatic N) is 2. The van der Waals surface area contributed by atoms with Gasteiger partial charge in [-0.25, -0.2) is 0 Å². The molecule has 6 heteroatoms. The maximum atomic E-state index is 12.3. The minimum atomic E-state index is -0.880. The van der Waals surface area contributed by atoms with Gasteiger partial charge in [0.25, 0.3) is 0 Å². The van der Waals surface area contributed by atoms with Crippen LogP contribution in [0.5, 0.6) is 0 Å². The number of rotatable bonds is 9. The number of aliphatic imine (C=N–C) groups is 1. The average Bonchev–Trinajstić information content (AvgIpc) is 3.26. The first-order valence-corrected chi connectivity index (χ1v) is 12.8. The van der Waals surface area contributed by atoms with E-state index in [0.717, 1.165) is 56.5 Å². The van der Waals surface area contributed by atoms with Gasteiger partial charge >= 0.3 is 0 Å². The predicted octanol–water partition coefficient (Wildman–Crippen LogP) is 3.57. The van der Waals surface area contributed by atoms with Crippen molar-refractivity contribution >= 4 is 16.8 Å². The van der Waals surface area contributed by atoms with Gasteiger partial charge in [0, 0.05) is 48.5 Å². The SMILES string of the molecule is CCNC(=NCCS(=O)Cc1ccccc1)N1CCC(OCC2CCCC2)CC1. The van der Waals surface area contributed by atoms with Crippen molar-refractivity contribution in [2.75, 3.05) is 38.5 Å². The average molecular weight is 420 g/mol. The standard InChI is InChI=1S/C23H37N3O2S/c1-2-24-23(25-14-17-29(27)19-21-10-4-3-5-11-21)26-15-12-22(13-16-26)28-18-20-8-6-7-9-20/h3-5,10-11,20,22H,2,6-9,12-19H2,1H3,(H,24,25). The third kappa shape index (κ3) is 7.74. The smallest absolute Gasteiger partial charge is 0.193 e. The molecule has 0 aromatic heterocycles. The van der Waals surface area contributed by atoms with Crippen LogP contribution in [0.1, 0.15) is 51.0 Å². The zero-order valence-electron chi connectivity index (χ0n) is 17.9. The maximum absolute atomic E-state index is 12.3. The van der Waals surface area contributed by atoms with Crippen molar-refractivity contribution in [1.29, 1.82) is 0 Å². The van der Waals surface area contributed by atoms with Crippen molar-refractivity contribution < 1.29 is 8.95 Å². The number of hydrogen-bond acceptors (Lipinski definition) is 3. The molecule has 1 aromatic carbocycles. The Balaban J connectivity index is 1.40. The fourth-order valence-corrected chi connectivity index (χ4v) is 5.20. The number of piperidine rings is 1. The summed E-state index contributed by atoms with van der Waals surface area (Å²) in [5, 5.41) is 3.40. The minimum absolute atomic E-state index is 0.396. The Hall–Kier alpha value is -1.40. The molecule has 0 bridgehead atoms. The van der Waals surface area contributed by atoms with Crippen LogP contribution in [-0.4, -0.2) is 59.7 Å². The van der Waals surface area contributed by atoms with Crippen LogP contribution in [0.4, 0.5) is 0 Å². The van der Waals surface area contributed by atoms with Crippen LogP contribution in [0, 0.1) is 5.92 Å². The van der Waals surface area contributed by atoms with Gasteiger partial charge in [-0.1, -0.05) is 43.2 Å². The number of ether oxygens (including phenoxy) is 1. The highest BCUT2D eigenvalue weighted by Gasteiger charge is 2.23. The molecule has 1 aliphatic heterocycles. The van der Waals surface area contributed by atoms with Gasteiger partial charge in [-0.15, -0.1) is 0 Å². The van der Waals surface area contributed by atoms with Gasteiger partial charge < -0.3 is 15.0 Å². The monoisotopic (exact) mass is 419 g/mol. The van der Waals surface area contributed by atoms with Gasteiger partial charge in [0.15, 0.2) is 5.96 Å². The van der Waals surface area contributed by atoms with Crippen LogP contribution in [-0.2, 0) is 21.3 Å². The number of likely N-dealkylation sites (tertiary alicyclic amines) is 1. The van der Waals surface area contributed by atoms with E-state index in [-0.39, 0.29) is 0 Å². The third-order valence-electron chi connectivity index (χ3n) is 5.87. The van der Waals surface area contributed by atoms with E-state index < -0.39 is 10.8 Å². The second-order valence-corrected chi connectivity index (χ2v) is 9.76. The van der Waals surface area contributed by atoms with Crippen molar-refractivity contribution in [3.8, 4) is 0 Å². The van der Waals surface area contributed by atoms with E-state index in [2.05, 4.69) is 17.1 Å². The first kappa shape index (κ1) is 22.3. The summed E-state index contributed by atoms with van der Waals surface area (Å²) in [5.74, 6) is 2.96. The molecule has 1 heterocycles. The zero-order chi connectivity index (χ0) is 20.3. The first-order chi connectivity index (χ1) is 14.2. The van der Waals surface area contributed by atoms with Crippen LogP contribution >= 0.6 is 0 Å². The Morgan fingerprint density at radius 2 is 1.90 bits per heavy atom. The summed E-state index contributed by atoms with van der Waals surface area (Å²) in [5.41, 5.74) is 1.13. The summed E-state index contributed by atoms with van der Waals surface area (Å²) in [7, 11) is -0.880. The molecule has 162 valence electrons. The lowest BCUT2D eigenvalue weighted by Gasteiger charge is -2.34. The summed E-state index contributed by atoms with van der Waals surface area (Å²) < 4.78 is 18.5. The zero-order valence-corrected chi connectivity index (χ0v) is 18.7. The number of benzene rings is 1. The van der Waals surface area contributed by atoms with Gasteiger partial charge in [0.2, 0.25) is 0 Å². The van der Waals surface area contributed by atoms with Crippen LogP contribution in [0.2, 0.25) is 0 Å². The number of nitrogens with one attached hydrogen (secondary N) is 1. The van der Waals surface area contributed by atoms with Crippen molar-refractivity contribution in [1.82, 2.24) is 10.2 Å². The molecule has 0 spiro atoms. The van der Waals surface area contributed by atoms with E-state index in [0.29, 0.717) is 24.2 Å². The fourth-order valence-electron chi connectivity index (χ4n) is 4.19. The second kappa shape index (κ2) is 12.3.